The molecule has 1 aromatic carbocycles. The summed E-state index contributed by atoms with van der Waals surface area (Å²) >= 11 is 0. The fraction of sp³-hybridized carbons (Fsp3) is 0.429. The predicted octanol–water partition coefficient (Wildman–Crippen LogP) is 2.55. The molecule has 5 nitrogen and oxygen atoms in total. The lowest BCUT2D eigenvalue weighted by Gasteiger charge is -2.25. The van der Waals surface area contributed by atoms with E-state index in [-0.39, 0.29) is 11.1 Å². The van der Waals surface area contributed by atoms with Crippen molar-refractivity contribution in [3.63, 3.8) is 0 Å². The van der Waals surface area contributed by atoms with E-state index in [0.29, 0.717) is 29.9 Å². The molecule has 0 bridgehead atoms. The molecule has 1 aromatic rings. The summed E-state index contributed by atoms with van der Waals surface area (Å²) in [5.41, 5.74) is 1.71. The Balaban J connectivity index is 3.66. The van der Waals surface area contributed by atoms with Crippen molar-refractivity contribution in [1.29, 1.82) is 0 Å². The zero-order chi connectivity index (χ0) is 14.7. The molecule has 0 amide bonds. The number of carboxylic acid groups (broad SMARTS) is 2. The van der Waals surface area contributed by atoms with Crippen LogP contribution < -0.4 is 4.90 Å². The van der Waals surface area contributed by atoms with Gasteiger partial charge in [0.2, 0.25) is 0 Å². The summed E-state index contributed by atoms with van der Waals surface area (Å²) in [5.74, 6) is -2.19. The largest absolute Gasteiger partial charge is 0.478 e. The number of carboxylic acids is 2. The van der Waals surface area contributed by atoms with E-state index in [1.165, 1.54) is 6.92 Å². The van der Waals surface area contributed by atoms with Crippen LogP contribution in [0.25, 0.3) is 0 Å². The number of aromatic carboxylic acids is 2. The molecule has 0 spiro atoms. The van der Waals surface area contributed by atoms with Gasteiger partial charge < -0.3 is 15.1 Å². The van der Waals surface area contributed by atoms with Gasteiger partial charge in [-0.25, -0.2) is 9.59 Å². The quantitative estimate of drug-likeness (QED) is 0.855. The molecule has 5 heteroatoms. The third-order valence-corrected chi connectivity index (χ3v) is 3.37. The van der Waals surface area contributed by atoms with E-state index in [9.17, 15) is 19.8 Å². The van der Waals surface area contributed by atoms with Crippen LogP contribution in [0.15, 0.2) is 6.07 Å². The van der Waals surface area contributed by atoms with E-state index in [2.05, 4.69) is 0 Å². The summed E-state index contributed by atoms with van der Waals surface area (Å²) < 4.78 is 0. The topological polar surface area (TPSA) is 77.8 Å². The molecule has 19 heavy (non-hydrogen) atoms. The first-order valence-electron chi connectivity index (χ1n) is 6.20. The average Bonchev–Trinajstić information content (AvgIpc) is 2.32. The molecule has 0 aliphatic heterocycles. The number of rotatable bonds is 5. The summed E-state index contributed by atoms with van der Waals surface area (Å²) in [4.78, 5) is 24.6. The van der Waals surface area contributed by atoms with Gasteiger partial charge in [0.1, 0.15) is 0 Å². The van der Waals surface area contributed by atoms with E-state index in [4.69, 9.17) is 0 Å². The lowest BCUT2D eigenvalue weighted by atomic mass is 9.95. The number of nitrogens with zero attached hydrogens (tertiary/aromatic N) is 1. The average molecular weight is 265 g/mol. The van der Waals surface area contributed by atoms with Crippen LogP contribution in [0.4, 0.5) is 5.69 Å². The maximum absolute atomic E-state index is 11.4. The van der Waals surface area contributed by atoms with E-state index < -0.39 is 11.9 Å². The molecule has 0 aliphatic rings. The first-order valence-corrected chi connectivity index (χ1v) is 6.20. The highest BCUT2D eigenvalue weighted by Crippen LogP contribution is 2.29. The third kappa shape index (κ3) is 2.70. The van der Waals surface area contributed by atoms with Crippen molar-refractivity contribution >= 4 is 17.6 Å². The minimum atomic E-state index is -1.10. The number of hydrogen-bond donors (Lipinski definition) is 2. The maximum Gasteiger partial charge on any atom is 0.336 e. The van der Waals surface area contributed by atoms with Crippen molar-refractivity contribution in [2.24, 2.45) is 0 Å². The van der Waals surface area contributed by atoms with Crippen molar-refractivity contribution in [1.82, 2.24) is 0 Å². The van der Waals surface area contributed by atoms with E-state index >= 15 is 0 Å². The Labute approximate surface area is 112 Å². The van der Waals surface area contributed by atoms with Crippen LogP contribution in [-0.2, 0) is 0 Å². The van der Waals surface area contributed by atoms with Gasteiger partial charge in [-0.1, -0.05) is 0 Å². The fourth-order valence-corrected chi connectivity index (χ4v) is 2.33. The monoisotopic (exact) mass is 265 g/mol. The Bertz CT molecular complexity index is 519. The second-order valence-corrected chi connectivity index (χ2v) is 4.35. The van der Waals surface area contributed by atoms with Crippen molar-refractivity contribution in [3.05, 3.63) is 28.3 Å². The molecular weight excluding hydrogens is 246 g/mol. The highest BCUT2D eigenvalue weighted by Gasteiger charge is 2.22. The molecule has 104 valence electrons. The van der Waals surface area contributed by atoms with Gasteiger partial charge in [0.05, 0.1) is 11.1 Å². The highest BCUT2D eigenvalue weighted by molar-refractivity contribution is 5.99. The summed E-state index contributed by atoms with van der Waals surface area (Å²) in [6.45, 7) is 8.53. The summed E-state index contributed by atoms with van der Waals surface area (Å²) in [6.07, 6.45) is 0. The van der Waals surface area contributed by atoms with Gasteiger partial charge in [-0.15, -0.1) is 0 Å². The van der Waals surface area contributed by atoms with Crippen LogP contribution in [0.3, 0.4) is 0 Å². The van der Waals surface area contributed by atoms with Gasteiger partial charge in [-0.2, -0.15) is 0 Å². The van der Waals surface area contributed by atoms with E-state index in [1.807, 2.05) is 18.7 Å². The summed E-state index contributed by atoms with van der Waals surface area (Å²) in [7, 11) is 0. The molecule has 0 unspecified atom stereocenters. The number of carbonyl (C=O) groups is 2. The Morgan fingerprint density at radius 2 is 1.58 bits per heavy atom. The van der Waals surface area contributed by atoms with Crippen molar-refractivity contribution in [3.8, 4) is 0 Å². The molecule has 2 N–H and O–H groups in total. The molecule has 0 aromatic heterocycles. The lowest BCUT2D eigenvalue weighted by Crippen LogP contribution is -2.24. The standard InChI is InChI=1S/C14H19NO4/c1-5-15(6-2)11-7-10(13(16)17)8(3)12(9(11)4)14(18)19/h7H,5-6H2,1-4H3,(H,16,17)(H,18,19). The van der Waals surface area contributed by atoms with Gasteiger partial charge >= 0.3 is 11.9 Å². The minimum Gasteiger partial charge on any atom is -0.478 e. The molecule has 0 heterocycles. The number of hydrogen-bond acceptors (Lipinski definition) is 3. The minimum absolute atomic E-state index is 0.0462. The van der Waals surface area contributed by atoms with Crippen LogP contribution in [-0.4, -0.2) is 35.2 Å². The Kier molecular flexibility index (Phi) is 4.53. The Morgan fingerprint density at radius 3 is 1.95 bits per heavy atom. The predicted molar refractivity (Wildman–Crippen MR) is 73.4 cm³/mol. The van der Waals surface area contributed by atoms with E-state index in [0.717, 1.165) is 0 Å². The van der Waals surface area contributed by atoms with Crippen LogP contribution in [0.5, 0.6) is 0 Å². The van der Waals surface area contributed by atoms with Crippen LogP contribution in [0.1, 0.15) is 45.7 Å². The molecule has 1 rings (SSSR count). The highest BCUT2D eigenvalue weighted by atomic mass is 16.4. The van der Waals surface area contributed by atoms with Gasteiger partial charge in [-0.3, -0.25) is 0 Å². The summed E-state index contributed by atoms with van der Waals surface area (Å²) in [6, 6.07) is 1.56. The molecule has 0 radical (unpaired) electrons. The first-order chi connectivity index (χ1) is 8.84. The Morgan fingerprint density at radius 1 is 1.05 bits per heavy atom. The van der Waals surface area contributed by atoms with Gasteiger partial charge in [0, 0.05) is 18.8 Å². The SMILES string of the molecule is CCN(CC)c1cc(C(=O)O)c(C)c(C(=O)O)c1C. The van der Waals surface area contributed by atoms with Gasteiger partial charge in [0.15, 0.2) is 0 Å². The number of benzene rings is 1. The van der Waals surface area contributed by atoms with Crippen LogP contribution in [0.2, 0.25) is 0 Å². The van der Waals surface area contributed by atoms with E-state index in [1.54, 1.807) is 13.0 Å². The lowest BCUT2D eigenvalue weighted by molar-refractivity contribution is 0.0695. The Hall–Kier alpha value is -2.04. The van der Waals surface area contributed by atoms with Crippen LogP contribution >= 0.6 is 0 Å². The number of anilines is 1. The fourth-order valence-electron chi connectivity index (χ4n) is 2.33. The van der Waals surface area contributed by atoms with Crippen molar-refractivity contribution in [2.45, 2.75) is 27.7 Å². The molecule has 0 saturated carbocycles. The second kappa shape index (κ2) is 5.73. The molecule has 0 saturated heterocycles. The maximum atomic E-state index is 11.4. The van der Waals surface area contributed by atoms with Crippen molar-refractivity contribution in [2.75, 3.05) is 18.0 Å². The van der Waals surface area contributed by atoms with Gasteiger partial charge in [0.25, 0.3) is 0 Å². The zero-order valence-corrected chi connectivity index (χ0v) is 11.6. The van der Waals surface area contributed by atoms with Crippen molar-refractivity contribution < 1.29 is 19.8 Å². The van der Waals surface area contributed by atoms with Gasteiger partial charge in [-0.05, 0) is 44.9 Å². The van der Waals surface area contributed by atoms with Crippen LogP contribution in [0, 0.1) is 13.8 Å². The molecule has 0 aliphatic carbocycles. The molecule has 0 atom stereocenters. The third-order valence-electron chi connectivity index (χ3n) is 3.37. The first kappa shape index (κ1) is 15.0. The molecular formula is C14H19NO4. The smallest absolute Gasteiger partial charge is 0.336 e. The second-order valence-electron chi connectivity index (χ2n) is 4.35. The zero-order valence-electron chi connectivity index (χ0n) is 11.6. The summed E-state index contributed by atoms with van der Waals surface area (Å²) in [5, 5.41) is 18.5. The molecule has 0 fully saturated rings. The normalized spacial score (nSPS) is 10.3.